The number of oxazole rings is 1. The molecule has 0 radical (unpaired) electrons. The molecule has 4 rings (SSSR count). The molecular weight excluding hydrogens is 422 g/mol. The second kappa shape index (κ2) is 8.56. The molecule has 1 aliphatic rings. The fourth-order valence-corrected chi connectivity index (χ4v) is 5.03. The first-order valence-corrected chi connectivity index (χ1v) is 11.4. The summed E-state index contributed by atoms with van der Waals surface area (Å²) in [5.74, 6) is -0.504. The van der Waals surface area contributed by atoms with Gasteiger partial charge in [0.15, 0.2) is 5.58 Å². The Morgan fingerprint density at radius 1 is 1.16 bits per heavy atom. The summed E-state index contributed by atoms with van der Waals surface area (Å²) in [5.41, 5.74) is 1.00. The van der Waals surface area contributed by atoms with Crippen LogP contribution in [0.4, 0.5) is 5.69 Å². The Balaban J connectivity index is 1.52. The van der Waals surface area contributed by atoms with Crippen LogP contribution in [0.3, 0.4) is 0 Å². The van der Waals surface area contributed by atoms with Crippen LogP contribution in [-0.4, -0.2) is 32.0 Å². The van der Waals surface area contributed by atoms with Gasteiger partial charge in [0.25, 0.3) is 0 Å². The topological polar surface area (TPSA) is 120 Å². The molecule has 0 spiro atoms. The molecule has 2 N–H and O–H groups in total. The molecule has 0 atom stereocenters. The van der Waals surface area contributed by atoms with Gasteiger partial charge in [0.2, 0.25) is 15.9 Å². The van der Waals surface area contributed by atoms with E-state index in [1.165, 1.54) is 18.2 Å². The Bertz CT molecular complexity index is 1250. The van der Waals surface area contributed by atoms with Crippen molar-refractivity contribution < 1.29 is 22.4 Å². The summed E-state index contributed by atoms with van der Waals surface area (Å²) in [6.07, 6.45) is 3.64. The van der Waals surface area contributed by atoms with Crippen molar-refractivity contribution in [2.45, 2.75) is 43.2 Å². The Morgan fingerprint density at radius 3 is 2.55 bits per heavy atom. The van der Waals surface area contributed by atoms with Gasteiger partial charge in [-0.2, -0.15) is 0 Å². The highest BCUT2D eigenvalue weighted by Crippen LogP contribution is 2.23. The molecule has 1 fully saturated rings. The zero-order chi connectivity index (χ0) is 22.0. The summed E-state index contributed by atoms with van der Waals surface area (Å²) in [6, 6.07) is 10.9. The molecule has 10 heteroatoms. The fourth-order valence-electron chi connectivity index (χ4n) is 3.71. The van der Waals surface area contributed by atoms with Crippen molar-refractivity contribution in [2.24, 2.45) is 0 Å². The maximum absolute atomic E-state index is 12.6. The number of sulfonamides is 1. The third kappa shape index (κ3) is 4.64. The third-order valence-corrected chi connectivity index (χ3v) is 6.82. The smallest absolute Gasteiger partial charge is 0.420 e. The van der Waals surface area contributed by atoms with Crippen LogP contribution in [-0.2, 0) is 21.4 Å². The first kappa shape index (κ1) is 21.1. The Labute approximate surface area is 179 Å². The van der Waals surface area contributed by atoms with Crippen molar-refractivity contribution >= 4 is 32.7 Å². The molecule has 0 unspecified atom stereocenters. The van der Waals surface area contributed by atoms with Crippen LogP contribution in [0.15, 0.2) is 56.6 Å². The quantitative estimate of drug-likeness (QED) is 0.577. The number of anilines is 1. The fraction of sp³-hybridized carbons (Fsp3) is 0.333. The molecule has 2 aromatic carbocycles. The van der Waals surface area contributed by atoms with E-state index in [0.29, 0.717) is 17.0 Å². The number of ether oxygens (including phenoxy) is 1. The number of hydrogen-bond donors (Lipinski definition) is 2. The van der Waals surface area contributed by atoms with Gasteiger partial charge >= 0.3 is 5.76 Å². The lowest BCUT2D eigenvalue weighted by atomic mass is 10.3. The second-order valence-electron chi connectivity index (χ2n) is 7.46. The average molecular weight is 445 g/mol. The van der Waals surface area contributed by atoms with Crippen molar-refractivity contribution in [1.82, 2.24) is 9.29 Å². The van der Waals surface area contributed by atoms with Gasteiger partial charge in [-0.3, -0.25) is 9.36 Å². The molecule has 1 amide bonds. The first-order chi connectivity index (χ1) is 14.9. The standard InChI is InChI=1S/C21H23N3O6S/c1-29-16-8-6-14(7-9-16)22-20(25)13-24-18-11-10-17(12-19(18)30-21(24)26)31(27,28)23-15-4-2-3-5-15/h6-12,15,23H,2-5,13H2,1H3,(H,22,25). The van der Waals surface area contributed by atoms with Crippen molar-refractivity contribution in [2.75, 3.05) is 12.4 Å². The van der Waals surface area contributed by atoms with Crippen LogP contribution in [0, 0.1) is 0 Å². The molecule has 0 saturated heterocycles. The predicted molar refractivity (Wildman–Crippen MR) is 115 cm³/mol. The van der Waals surface area contributed by atoms with Crippen molar-refractivity contribution in [3.8, 4) is 5.75 Å². The van der Waals surface area contributed by atoms with Crippen molar-refractivity contribution in [1.29, 1.82) is 0 Å². The van der Waals surface area contributed by atoms with Crippen molar-refractivity contribution in [3.63, 3.8) is 0 Å². The maximum atomic E-state index is 12.6. The SMILES string of the molecule is COc1ccc(NC(=O)Cn2c(=O)oc3cc(S(=O)(=O)NC4CCCC4)ccc32)cc1. The number of benzene rings is 2. The number of hydrogen-bond acceptors (Lipinski definition) is 6. The monoisotopic (exact) mass is 445 g/mol. The molecule has 1 aliphatic carbocycles. The number of amides is 1. The van der Waals surface area contributed by atoms with Crippen LogP contribution < -0.4 is 20.5 Å². The van der Waals surface area contributed by atoms with E-state index in [1.54, 1.807) is 31.4 Å². The molecule has 1 aromatic heterocycles. The van der Waals surface area contributed by atoms with Crippen molar-refractivity contribution in [3.05, 3.63) is 53.0 Å². The van der Waals surface area contributed by atoms with Gasteiger partial charge in [0, 0.05) is 17.8 Å². The van der Waals surface area contributed by atoms with Gasteiger partial charge in [-0.05, 0) is 49.2 Å². The summed E-state index contributed by atoms with van der Waals surface area (Å²) in [5, 5.41) is 2.70. The average Bonchev–Trinajstić information content (AvgIpc) is 3.35. The minimum Gasteiger partial charge on any atom is -0.497 e. The summed E-state index contributed by atoms with van der Waals surface area (Å²) < 4.78 is 39.4. The van der Waals surface area contributed by atoms with E-state index in [2.05, 4.69) is 10.0 Å². The highest BCUT2D eigenvalue weighted by atomic mass is 32.2. The highest BCUT2D eigenvalue weighted by Gasteiger charge is 2.24. The van der Waals surface area contributed by atoms with Crippen LogP contribution >= 0.6 is 0 Å². The number of carbonyl (C=O) groups is 1. The van der Waals surface area contributed by atoms with Gasteiger partial charge in [0.05, 0.1) is 17.5 Å². The zero-order valence-corrected chi connectivity index (χ0v) is 17.8. The zero-order valence-electron chi connectivity index (χ0n) is 17.0. The summed E-state index contributed by atoms with van der Waals surface area (Å²) in [4.78, 5) is 24.7. The van der Waals surface area contributed by atoms with Crippen LogP contribution in [0.5, 0.6) is 5.75 Å². The summed E-state index contributed by atoms with van der Waals surface area (Å²) in [6.45, 7) is -0.274. The molecule has 1 heterocycles. The Hall–Kier alpha value is -3.11. The summed E-state index contributed by atoms with van der Waals surface area (Å²) >= 11 is 0. The minimum atomic E-state index is -3.72. The van der Waals surface area contributed by atoms with E-state index in [0.717, 1.165) is 30.3 Å². The number of nitrogens with one attached hydrogen (secondary N) is 2. The second-order valence-corrected chi connectivity index (χ2v) is 9.18. The van der Waals surface area contributed by atoms with Gasteiger partial charge in [-0.25, -0.2) is 17.9 Å². The van der Waals surface area contributed by atoms with Gasteiger partial charge in [-0.15, -0.1) is 0 Å². The number of rotatable bonds is 7. The number of methoxy groups -OCH3 is 1. The number of fused-ring (bicyclic) bond motifs is 1. The van der Waals surface area contributed by atoms with E-state index in [-0.39, 0.29) is 23.1 Å². The molecule has 3 aromatic rings. The molecule has 164 valence electrons. The number of carbonyl (C=O) groups excluding carboxylic acids is 1. The van der Waals surface area contributed by atoms with Crippen LogP contribution in [0.1, 0.15) is 25.7 Å². The molecular formula is C21H23N3O6S. The Kier molecular flexibility index (Phi) is 5.84. The lowest BCUT2D eigenvalue weighted by molar-refractivity contribution is -0.116. The van der Waals surface area contributed by atoms with Gasteiger partial charge in [0.1, 0.15) is 12.3 Å². The number of aromatic nitrogens is 1. The molecule has 31 heavy (non-hydrogen) atoms. The largest absolute Gasteiger partial charge is 0.497 e. The van der Waals surface area contributed by atoms with Crippen LogP contribution in [0.2, 0.25) is 0 Å². The van der Waals surface area contributed by atoms with E-state index in [4.69, 9.17) is 9.15 Å². The van der Waals surface area contributed by atoms with E-state index >= 15 is 0 Å². The molecule has 9 nitrogen and oxygen atoms in total. The van der Waals surface area contributed by atoms with E-state index in [9.17, 15) is 18.0 Å². The van der Waals surface area contributed by atoms with Gasteiger partial charge < -0.3 is 14.5 Å². The van der Waals surface area contributed by atoms with Crippen LogP contribution in [0.25, 0.3) is 11.1 Å². The molecule has 1 saturated carbocycles. The predicted octanol–water partition coefficient (Wildman–Crippen LogP) is 2.46. The highest BCUT2D eigenvalue weighted by molar-refractivity contribution is 7.89. The maximum Gasteiger partial charge on any atom is 0.420 e. The van der Waals surface area contributed by atoms with E-state index in [1.807, 2.05) is 0 Å². The van der Waals surface area contributed by atoms with E-state index < -0.39 is 21.7 Å². The first-order valence-electron chi connectivity index (χ1n) is 9.95. The summed E-state index contributed by atoms with van der Waals surface area (Å²) in [7, 11) is -2.17. The number of nitrogens with zero attached hydrogens (tertiary/aromatic N) is 1. The molecule has 0 aliphatic heterocycles. The third-order valence-electron chi connectivity index (χ3n) is 5.30. The normalized spacial score (nSPS) is 14.7. The molecule has 0 bridgehead atoms. The van der Waals surface area contributed by atoms with Gasteiger partial charge in [-0.1, -0.05) is 12.8 Å². The Morgan fingerprint density at radius 2 is 1.87 bits per heavy atom. The minimum absolute atomic E-state index is 0.0236. The lowest BCUT2D eigenvalue weighted by Gasteiger charge is -2.12. The lowest BCUT2D eigenvalue weighted by Crippen LogP contribution is -2.32.